The quantitative estimate of drug-likeness (QED) is 0.733. The van der Waals surface area contributed by atoms with Crippen LogP contribution in [-0.2, 0) is 16.9 Å². The summed E-state index contributed by atoms with van der Waals surface area (Å²) in [6.45, 7) is 1.91. The summed E-state index contributed by atoms with van der Waals surface area (Å²) >= 11 is 1.06. The molecule has 0 fully saturated rings. The molecule has 2 aromatic carbocycles. The van der Waals surface area contributed by atoms with Crippen molar-refractivity contribution in [2.75, 3.05) is 0 Å². The number of hydrogen-bond donors (Lipinski definition) is 0. The van der Waals surface area contributed by atoms with Gasteiger partial charge in [0.05, 0.1) is 10.6 Å². The second-order valence-electron chi connectivity index (χ2n) is 5.07. The topological polar surface area (TPSA) is 64.3 Å². The number of nitrogens with zero attached hydrogens (tertiary/aromatic N) is 3. The van der Waals surface area contributed by atoms with Crippen LogP contribution in [-0.4, -0.2) is 17.4 Å². The fourth-order valence-corrected chi connectivity index (χ4v) is 4.40. The molecule has 3 aromatic rings. The summed E-state index contributed by atoms with van der Waals surface area (Å²) in [5.41, 5.74) is 1.76. The Morgan fingerprint density at radius 2 is 1.70 bits per heavy atom. The molecule has 5 nitrogen and oxygen atoms in total. The van der Waals surface area contributed by atoms with Crippen molar-refractivity contribution < 1.29 is 8.42 Å². The van der Waals surface area contributed by atoms with Gasteiger partial charge in [-0.2, -0.15) is 4.37 Å². The lowest BCUT2D eigenvalue weighted by molar-refractivity contribution is 0.577. The first-order chi connectivity index (χ1) is 11.0. The lowest BCUT2D eigenvalue weighted by Gasteiger charge is -2.04. The fourth-order valence-electron chi connectivity index (χ4n) is 2.04. The highest BCUT2D eigenvalue weighted by molar-refractivity contribution is 7.91. The Hall–Kier alpha value is -2.25. The highest BCUT2D eigenvalue weighted by atomic mass is 32.2. The van der Waals surface area contributed by atoms with Crippen molar-refractivity contribution in [1.29, 1.82) is 0 Å². The zero-order valence-electron chi connectivity index (χ0n) is 12.7. The van der Waals surface area contributed by atoms with Crippen LogP contribution >= 0.6 is 11.5 Å². The standard InChI is InChI=1S/C16H15N3O2S2/c1-12-8-10-14(11-9-12)23(20,21)16-18-22-15(19(16)2)17-13-6-4-3-5-7-13/h3-11H,1-2H3. The first-order valence-corrected chi connectivity index (χ1v) is 9.18. The monoisotopic (exact) mass is 345 g/mol. The summed E-state index contributed by atoms with van der Waals surface area (Å²) in [5, 5.41) is 0.000958. The van der Waals surface area contributed by atoms with Crippen molar-refractivity contribution in [3.63, 3.8) is 0 Å². The summed E-state index contributed by atoms with van der Waals surface area (Å²) in [4.78, 5) is 5.20. The second-order valence-corrected chi connectivity index (χ2v) is 7.64. The van der Waals surface area contributed by atoms with Gasteiger partial charge < -0.3 is 0 Å². The van der Waals surface area contributed by atoms with E-state index in [2.05, 4.69) is 9.37 Å². The van der Waals surface area contributed by atoms with Crippen LogP contribution in [0, 0.1) is 6.92 Å². The van der Waals surface area contributed by atoms with E-state index in [4.69, 9.17) is 0 Å². The van der Waals surface area contributed by atoms with Crippen LogP contribution in [0.1, 0.15) is 5.56 Å². The Kier molecular flexibility index (Phi) is 4.14. The fraction of sp³-hybridized carbons (Fsp3) is 0.125. The molecule has 1 aromatic heterocycles. The number of rotatable bonds is 3. The molecule has 7 heteroatoms. The zero-order valence-corrected chi connectivity index (χ0v) is 14.3. The van der Waals surface area contributed by atoms with Crippen molar-refractivity contribution in [3.05, 3.63) is 65.0 Å². The summed E-state index contributed by atoms with van der Waals surface area (Å²) in [7, 11) is -2.00. The minimum atomic E-state index is -3.66. The largest absolute Gasteiger partial charge is 0.294 e. The third-order valence-electron chi connectivity index (χ3n) is 3.33. The van der Waals surface area contributed by atoms with E-state index in [-0.39, 0.29) is 10.1 Å². The molecule has 118 valence electrons. The Morgan fingerprint density at radius 1 is 1.04 bits per heavy atom. The molecule has 3 rings (SSSR count). The van der Waals surface area contributed by atoms with Gasteiger partial charge in [0, 0.05) is 18.6 Å². The van der Waals surface area contributed by atoms with Gasteiger partial charge in [-0.1, -0.05) is 35.9 Å². The van der Waals surface area contributed by atoms with E-state index in [1.807, 2.05) is 37.3 Å². The van der Waals surface area contributed by atoms with E-state index in [1.54, 1.807) is 31.3 Å². The van der Waals surface area contributed by atoms with Crippen molar-refractivity contribution >= 4 is 27.1 Å². The predicted octanol–water partition coefficient (Wildman–Crippen LogP) is 2.86. The molecule has 0 aliphatic heterocycles. The van der Waals surface area contributed by atoms with Crippen molar-refractivity contribution in [3.8, 4) is 0 Å². The lowest BCUT2D eigenvalue weighted by atomic mass is 10.2. The van der Waals surface area contributed by atoms with E-state index >= 15 is 0 Å². The zero-order chi connectivity index (χ0) is 16.4. The Labute approximate surface area is 138 Å². The molecule has 0 bridgehead atoms. The van der Waals surface area contributed by atoms with Crippen molar-refractivity contribution in [1.82, 2.24) is 8.94 Å². The molecule has 0 saturated carbocycles. The molecule has 0 aliphatic rings. The number of aryl methyl sites for hydroxylation is 1. The van der Waals surface area contributed by atoms with Gasteiger partial charge >= 0.3 is 0 Å². The smallest absolute Gasteiger partial charge is 0.245 e. The first kappa shape index (κ1) is 15.6. The summed E-state index contributed by atoms with van der Waals surface area (Å²) in [6.07, 6.45) is 0. The van der Waals surface area contributed by atoms with Crippen LogP contribution in [0.2, 0.25) is 0 Å². The Bertz CT molecular complexity index is 986. The second kappa shape index (κ2) is 6.10. The van der Waals surface area contributed by atoms with Gasteiger partial charge in [0.25, 0.3) is 0 Å². The normalized spacial score (nSPS) is 12.5. The van der Waals surface area contributed by atoms with Crippen LogP contribution in [0.3, 0.4) is 0 Å². The molecular formula is C16H15N3O2S2. The average molecular weight is 345 g/mol. The number of aromatic nitrogens is 2. The molecule has 0 radical (unpaired) electrons. The van der Waals surface area contributed by atoms with E-state index in [9.17, 15) is 8.42 Å². The van der Waals surface area contributed by atoms with Crippen LogP contribution in [0.15, 0.2) is 69.6 Å². The molecule has 0 aliphatic carbocycles. The Morgan fingerprint density at radius 3 is 2.35 bits per heavy atom. The summed E-state index contributed by atoms with van der Waals surface area (Å²) < 4.78 is 31.0. The summed E-state index contributed by atoms with van der Waals surface area (Å²) in [5.74, 6) is 0. The number of para-hydroxylation sites is 1. The lowest BCUT2D eigenvalue weighted by Crippen LogP contribution is -2.16. The predicted molar refractivity (Wildman–Crippen MR) is 89.4 cm³/mol. The van der Waals surface area contributed by atoms with Gasteiger partial charge in [-0.15, -0.1) is 0 Å². The molecule has 23 heavy (non-hydrogen) atoms. The summed E-state index contributed by atoms with van der Waals surface area (Å²) in [6, 6.07) is 16.1. The maximum absolute atomic E-state index is 12.7. The van der Waals surface area contributed by atoms with Gasteiger partial charge in [0.1, 0.15) is 0 Å². The van der Waals surface area contributed by atoms with Crippen LogP contribution in [0.25, 0.3) is 0 Å². The number of benzene rings is 2. The van der Waals surface area contributed by atoms with Gasteiger partial charge in [-0.25, -0.2) is 13.4 Å². The highest BCUT2D eigenvalue weighted by Gasteiger charge is 2.23. The van der Waals surface area contributed by atoms with E-state index in [0.717, 1.165) is 22.8 Å². The van der Waals surface area contributed by atoms with Crippen molar-refractivity contribution in [2.45, 2.75) is 17.0 Å². The van der Waals surface area contributed by atoms with E-state index < -0.39 is 9.84 Å². The molecule has 0 N–H and O–H groups in total. The van der Waals surface area contributed by atoms with Crippen LogP contribution in [0.4, 0.5) is 5.69 Å². The minimum absolute atomic E-state index is 0.000958. The maximum Gasteiger partial charge on any atom is 0.245 e. The molecular weight excluding hydrogens is 330 g/mol. The van der Waals surface area contributed by atoms with Gasteiger partial charge in [-0.05, 0) is 31.2 Å². The molecule has 0 amide bonds. The Balaban J connectivity index is 2.09. The SMILES string of the molecule is Cc1ccc(S(=O)(=O)c2nsc(=Nc3ccccc3)n2C)cc1. The van der Waals surface area contributed by atoms with Crippen LogP contribution in [0.5, 0.6) is 0 Å². The highest BCUT2D eigenvalue weighted by Crippen LogP contribution is 2.19. The number of hydrogen-bond acceptors (Lipinski definition) is 5. The number of sulfone groups is 1. The van der Waals surface area contributed by atoms with E-state index in [0.29, 0.717) is 4.80 Å². The molecule has 0 spiro atoms. The average Bonchev–Trinajstić information content (AvgIpc) is 2.90. The van der Waals surface area contributed by atoms with Crippen molar-refractivity contribution in [2.24, 2.45) is 12.0 Å². The maximum atomic E-state index is 12.7. The molecule has 0 unspecified atom stereocenters. The first-order valence-electron chi connectivity index (χ1n) is 6.93. The third kappa shape index (κ3) is 3.11. The minimum Gasteiger partial charge on any atom is -0.294 e. The molecule has 0 saturated heterocycles. The van der Waals surface area contributed by atoms with Gasteiger partial charge in [-0.3, -0.25) is 4.57 Å². The van der Waals surface area contributed by atoms with Gasteiger partial charge in [0.15, 0.2) is 0 Å². The third-order valence-corrected chi connectivity index (χ3v) is 5.98. The molecule has 0 atom stereocenters. The van der Waals surface area contributed by atoms with E-state index in [1.165, 1.54) is 4.57 Å². The van der Waals surface area contributed by atoms with Gasteiger partial charge in [0.2, 0.25) is 19.8 Å². The molecule has 1 heterocycles. The van der Waals surface area contributed by atoms with Crippen LogP contribution < -0.4 is 4.80 Å².